The molecule has 3 aliphatic rings. The van der Waals surface area contributed by atoms with Gasteiger partial charge in [0, 0.05) is 18.1 Å². The van der Waals surface area contributed by atoms with Gasteiger partial charge in [-0.2, -0.15) is 0 Å². The molecule has 11 heavy (non-hydrogen) atoms. The van der Waals surface area contributed by atoms with Gasteiger partial charge in [-0.3, -0.25) is 5.43 Å². The molecule has 0 aromatic carbocycles. The first-order valence-electron chi connectivity index (χ1n) is 4.98. The molecule has 0 aromatic rings. The maximum absolute atomic E-state index is 3.65. The second-order valence-corrected chi connectivity index (χ2v) is 4.27. The molecule has 0 heterocycles. The number of hydrazine groups is 1. The van der Waals surface area contributed by atoms with E-state index in [0.717, 1.165) is 18.1 Å². The molecule has 3 fully saturated rings. The van der Waals surface area contributed by atoms with Crippen molar-refractivity contribution in [3.8, 4) is 0 Å². The molecule has 0 unspecified atom stereocenters. The third-order valence-corrected chi connectivity index (χ3v) is 2.79. The lowest BCUT2D eigenvalue weighted by atomic mass is 10.5. The van der Waals surface area contributed by atoms with Crippen molar-refractivity contribution in [2.45, 2.75) is 56.7 Å². The molecule has 0 radical (unpaired) electrons. The van der Waals surface area contributed by atoms with Crippen LogP contribution in [0.15, 0.2) is 0 Å². The van der Waals surface area contributed by atoms with Gasteiger partial charge in [-0.1, -0.05) is 0 Å². The summed E-state index contributed by atoms with van der Waals surface area (Å²) in [6.45, 7) is 0. The molecule has 0 bridgehead atoms. The molecule has 0 aliphatic heterocycles. The Morgan fingerprint density at radius 3 is 1.73 bits per heavy atom. The lowest BCUT2D eigenvalue weighted by Gasteiger charge is -2.22. The van der Waals surface area contributed by atoms with Gasteiger partial charge in [0.05, 0.1) is 0 Å². The van der Waals surface area contributed by atoms with Crippen LogP contribution in [0.2, 0.25) is 0 Å². The van der Waals surface area contributed by atoms with E-state index in [1.54, 1.807) is 0 Å². The van der Waals surface area contributed by atoms with Gasteiger partial charge in [0.25, 0.3) is 0 Å². The van der Waals surface area contributed by atoms with Crippen molar-refractivity contribution in [1.29, 1.82) is 0 Å². The smallest absolute Gasteiger partial charge is 0.0247 e. The van der Waals surface area contributed by atoms with Crippen LogP contribution in [0.5, 0.6) is 0 Å². The third-order valence-electron chi connectivity index (χ3n) is 2.79. The Labute approximate surface area is 67.9 Å². The fraction of sp³-hybridized carbons (Fsp3) is 1.00. The lowest BCUT2D eigenvalue weighted by molar-refractivity contribution is 0.162. The summed E-state index contributed by atoms with van der Waals surface area (Å²) in [5.74, 6) is 0. The topological polar surface area (TPSA) is 15.3 Å². The largest absolute Gasteiger partial charge is 0.252 e. The SMILES string of the molecule is C1CC1NN(C1CC1)C1CC1. The Morgan fingerprint density at radius 1 is 0.818 bits per heavy atom. The first-order chi connectivity index (χ1) is 5.43. The highest BCUT2D eigenvalue weighted by atomic mass is 15.6. The van der Waals surface area contributed by atoms with Crippen molar-refractivity contribution in [3.63, 3.8) is 0 Å². The van der Waals surface area contributed by atoms with Gasteiger partial charge in [-0.05, 0) is 38.5 Å². The maximum Gasteiger partial charge on any atom is 0.0247 e. The normalized spacial score (nSPS) is 31.4. The third kappa shape index (κ3) is 1.42. The van der Waals surface area contributed by atoms with Gasteiger partial charge in [0.1, 0.15) is 0 Å². The molecule has 2 heteroatoms. The zero-order valence-electron chi connectivity index (χ0n) is 6.92. The van der Waals surface area contributed by atoms with Crippen molar-refractivity contribution in [3.05, 3.63) is 0 Å². The summed E-state index contributed by atoms with van der Waals surface area (Å²) < 4.78 is 0. The first kappa shape index (κ1) is 6.44. The van der Waals surface area contributed by atoms with E-state index in [0.29, 0.717) is 0 Å². The van der Waals surface area contributed by atoms with Crippen molar-refractivity contribution in [2.75, 3.05) is 0 Å². The van der Waals surface area contributed by atoms with Gasteiger partial charge in [0.2, 0.25) is 0 Å². The summed E-state index contributed by atoms with van der Waals surface area (Å²) in [5.41, 5.74) is 3.65. The van der Waals surface area contributed by atoms with Crippen LogP contribution in [-0.2, 0) is 0 Å². The maximum atomic E-state index is 3.65. The Hall–Kier alpha value is -0.0800. The van der Waals surface area contributed by atoms with Crippen LogP contribution >= 0.6 is 0 Å². The Morgan fingerprint density at radius 2 is 1.36 bits per heavy atom. The zero-order chi connectivity index (χ0) is 7.26. The predicted molar refractivity (Wildman–Crippen MR) is 44.0 cm³/mol. The van der Waals surface area contributed by atoms with E-state index in [1.807, 2.05) is 0 Å². The summed E-state index contributed by atoms with van der Waals surface area (Å²) in [5, 5.41) is 2.57. The number of nitrogens with zero attached hydrogens (tertiary/aromatic N) is 1. The highest BCUT2D eigenvalue weighted by molar-refractivity contribution is 4.95. The van der Waals surface area contributed by atoms with Crippen molar-refractivity contribution in [1.82, 2.24) is 10.4 Å². The summed E-state index contributed by atoms with van der Waals surface area (Å²) in [4.78, 5) is 0. The summed E-state index contributed by atoms with van der Waals surface area (Å²) >= 11 is 0. The molecular weight excluding hydrogens is 136 g/mol. The minimum atomic E-state index is 0.858. The fourth-order valence-corrected chi connectivity index (χ4v) is 1.64. The fourth-order valence-electron chi connectivity index (χ4n) is 1.64. The van der Waals surface area contributed by atoms with Crippen molar-refractivity contribution in [2.24, 2.45) is 0 Å². The average Bonchev–Trinajstić information content (AvgIpc) is 2.77. The number of rotatable bonds is 4. The molecule has 1 N–H and O–H groups in total. The zero-order valence-corrected chi connectivity index (χ0v) is 6.92. The minimum Gasteiger partial charge on any atom is -0.252 e. The molecule has 0 saturated heterocycles. The number of hydrogen-bond acceptors (Lipinski definition) is 2. The van der Waals surface area contributed by atoms with E-state index in [4.69, 9.17) is 0 Å². The van der Waals surface area contributed by atoms with E-state index in [2.05, 4.69) is 10.4 Å². The van der Waals surface area contributed by atoms with E-state index < -0.39 is 0 Å². The van der Waals surface area contributed by atoms with E-state index in [9.17, 15) is 0 Å². The van der Waals surface area contributed by atoms with Gasteiger partial charge in [-0.15, -0.1) is 0 Å². The van der Waals surface area contributed by atoms with Gasteiger partial charge in [0.15, 0.2) is 0 Å². The summed E-state index contributed by atoms with van der Waals surface area (Å²) in [7, 11) is 0. The van der Waals surface area contributed by atoms with Crippen LogP contribution in [0.25, 0.3) is 0 Å². The monoisotopic (exact) mass is 152 g/mol. The Balaban J connectivity index is 1.57. The second-order valence-electron chi connectivity index (χ2n) is 4.27. The van der Waals surface area contributed by atoms with Crippen LogP contribution in [0.4, 0.5) is 0 Å². The van der Waals surface area contributed by atoms with Crippen LogP contribution < -0.4 is 5.43 Å². The van der Waals surface area contributed by atoms with Gasteiger partial charge >= 0.3 is 0 Å². The van der Waals surface area contributed by atoms with E-state index in [1.165, 1.54) is 38.5 Å². The molecule has 3 saturated carbocycles. The molecule has 0 amide bonds. The predicted octanol–water partition coefficient (Wildman–Crippen LogP) is 1.28. The lowest BCUT2D eigenvalue weighted by Crippen LogP contribution is -2.42. The second kappa shape index (κ2) is 2.20. The minimum absolute atomic E-state index is 0.858. The Bertz CT molecular complexity index is 145. The highest BCUT2D eigenvalue weighted by Gasteiger charge is 2.41. The standard InChI is InChI=1S/C9H16N2/c1-2-7(1)10-11(8-3-4-8)9-5-6-9/h7-10H,1-6H2. The highest BCUT2D eigenvalue weighted by Crippen LogP contribution is 2.37. The Kier molecular flexibility index (Phi) is 1.29. The van der Waals surface area contributed by atoms with Crippen LogP contribution in [-0.4, -0.2) is 23.1 Å². The van der Waals surface area contributed by atoms with Crippen molar-refractivity contribution >= 4 is 0 Å². The molecule has 62 valence electrons. The van der Waals surface area contributed by atoms with Crippen LogP contribution in [0.3, 0.4) is 0 Å². The molecule has 0 spiro atoms. The number of nitrogens with one attached hydrogen (secondary N) is 1. The van der Waals surface area contributed by atoms with E-state index >= 15 is 0 Å². The first-order valence-corrected chi connectivity index (χ1v) is 4.98. The molecule has 0 aromatic heterocycles. The van der Waals surface area contributed by atoms with Crippen LogP contribution in [0, 0.1) is 0 Å². The van der Waals surface area contributed by atoms with Gasteiger partial charge < -0.3 is 0 Å². The molecule has 2 nitrogen and oxygen atoms in total. The molecule has 0 atom stereocenters. The summed E-state index contributed by atoms with van der Waals surface area (Å²) in [6, 6.07) is 2.70. The number of hydrogen-bond donors (Lipinski definition) is 1. The van der Waals surface area contributed by atoms with Crippen molar-refractivity contribution < 1.29 is 0 Å². The quantitative estimate of drug-likeness (QED) is 0.610. The molecular formula is C9H16N2. The average molecular weight is 152 g/mol. The summed E-state index contributed by atoms with van der Waals surface area (Å²) in [6.07, 6.45) is 8.59. The molecule has 3 aliphatic carbocycles. The van der Waals surface area contributed by atoms with Gasteiger partial charge in [-0.25, -0.2) is 5.01 Å². The molecule has 3 rings (SSSR count). The van der Waals surface area contributed by atoms with E-state index in [-0.39, 0.29) is 0 Å². The van der Waals surface area contributed by atoms with Crippen LogP contribution in [0.1, 0.15) is 38.5 Å².